The number of rotatable bonds is 44. The summed E-state index contributed by atoms with van der Waals surface area (Å²) in [7, 11) is 0. The van der Waals surface area contributed by atoms with Gasteiger partial charge in [-0.1, -0.05) is 231 Å². The van der Waals surface area contributed by atoms with E-state index in [2.05, 4.69) is 62.5 Å². The van der Waals surface area contributed by atoms with Crippen LogP contribution in [0.1, 0.15) is 252 Å². The molecule has 0 aliphatic heterocycles. The van der Waals surface area contributed by atoms with Crippen LogP contribution in [0.2, 0.25) is 0 Å². The zero-order chi connectivity index (χ0) is 41.7. The number of hydrogen-bond donors (Lipinski definition) is 3. The quantitative estimate of drug-likeness (QED) is 0.0324. The van der Waals surface area contributed by atoms with E-state index in [0.717, 1.165) is 83.5 Å². The Kier molecular flexibility index (Phi) is 43.6. The Hall–Kier alpha value is -1.92. The maximum Gasteiger partial charge on any atom is 0.306 e. The summed E-state index contributed by atoms with van der Waals surface area (Å²) in [5, 5.41) is 23.7. The summed E-state index contributed by atoms with van der Waals surface area (Å²) in [5.41, 5.74) is 0. The van der Waals surface area contributed by atoms with Crippen molar-refractivity contribution in [3.05, 3.63) is 36.5 Å². The van der Waals surface area contributed by atoms with Crippen molar-refractivity contribution in [1.82, 2.24) is 5.32 Å². The SMILES string of the molecule is CC/C=C/C=C/C=C/CCCCCCCC(CC(=O)NC(CO)C(O)CCCCCCCCCCCCCCCC)OC(=O)CCCCCCCCCCCCC. The molecule has 3 unspecified atom stereocenters. The highest BCUT2D eigenvalue weighted by atomic mass is 16.5. The van der Waals surface area contributed by atoms with Crippen molar-refractivity contribution in [2.24, 2.45) is 0 Å². The molecule has 0 heterocycles. The first-order valence-electron chi connectivity index (χ1n) is 24.7. The van der Waals surface area contributed by atoms with E-state index < -0.39 is 18.2 Å². The number of ether oxygens (including phenoxy) is 1. The second kappa shape index (κ2) is 45.2. The van der Waals surface area contributed by atoms with E-state index in [1.165, 1.54) is 122 Å². The lowest BCUT2D eigenvalue weighted by molar-refractivity contribution is -0.151. The summed E-state index contributed by atoms with van der Waals surface area (Å²) in [6, 6.07) is -0.704. The third-order valence-electron chi connectivity index (χ3n) is 11.3. The predicted octanol–water partition coefficient (Wildman–Crippen LogP) is 14.5. The molecule has 6 heteroatoms. The summed E-state index contributed by atoms with van der Waals surface area (Å²) < 4.78 is 5.91. The number of aliphatic hydroxyl groups is 2. The van der Waals surface area contributed by atoms with E-state index in [1.54, 1.807) is 0 Å². The van der Waals surface area contributed by atoms with Gasteiger partial charge in [0.05, 0.1) is 25.2 Å². The lowest BCUT2D eigenvalue weighted by Gasteiger charge is -2.24. The van der Waals surface area contributed by atoms with E-state index in [0.29, 0.717) is 19.3 Å². The molecule has 0 fully saturated rings. The topological polar surface area (TPSA) is 95.9 Å². The Morgan fingerprint density at radius 1 is 0.526 bits per heavy atom. The van der Waals surface area contributed by atoms with E-state index in [-0.39, 0.29) is 24.9 Å². The van der Waals surface area contributed by atoms with E-state index in [4.69, 9.17) is 4.74 Å². The van der Waals surface area contributed by atoms with Crippen LogP contribution < -0.4 is 5.32 Å². The van der Waals surface area contributed by atoms with Gasteiger partial charge in [-0.05, 0) is 44.9 Å². The van der Waals surface area contributed by atoms with Gasteiger partial charge in [-0.3, -0.25) is 9.59 Å². The molecular formula is C51H95NO5. The Balaban J connectivity index is 4.57. The normalized spacial score (nSPS) is 13.6. The highest BCUT2D eigenvalue weighted by molar-refractivity contribution is 5.77. The maximum atomic E-state index is 13.2. The first-order chi connectivity index (χ1) is 28.0. The van der Waals surface area contributed by atoms with Gasteiger partial charge in [0.1, 0.15) is 6.10 Å². The number of allylic oxidation sites excluding steroid dienone is 6. The number of carbonyl (C=O) groups is 2. The lowest BCUT2D eigenvalue weighted by atomic mass is 10.0. The third kappa shape index (κ3) is 40.6. The smallest absolute Gasteiger partial charge is 0.306 e. The van der Waals surface area contributed by atoms with E-state index in [1.807, 2.05) is 0 Å². The van der Waals surface area contributed by atoms with Gasteiger partial charge >= 0.3 is 5.97 Å². The van der Waals surface area contributed by atoms with Gasteiger partial charge in [0, 0.05) is 6.42 Å². The molecule has 0 aliphatic carbocycles. The molecule has 0 rings (SSSR count). The van der Waals surface area contributed by atoms with Gasteiger partial charge in [-0.2, -0.15) is 0 Å². The van der Waals surface area contributed by atoms with Crippen molar-refractivity contribution in [3.63, 3.8) is 0 Å². The predicted molar refractivity (Wildman–Crippen MR) is 246 cm³/mol. The summed E-state index contributed by atoms with van der Waals surface area (Å²) in [6.45, 7) is 6.35. The van der Waals surface area contributed by atoms with Crippen LogP contribution in [0.3, 0.4) is 0 Å². The first kappa shape index (κ1) is 55.1. The first-order valence-corrected chi connectivity index (χ1v) is 24.7. The van der Waals surface area contributed by atoms with E-state index in [9.17, 15) is 19.8 Å². The Morgan fingerprint density at radius 3 is 1.42 bits per heavy atom. The van der Waals surface area contributed by atoms with Crippen LogP contribution in [0.15, 0.2) is 36.5 Å². The fourth-order valence-corrected chi connectivity index (χ4v) is 7.55. The largest absolute Gasteiger partial charge is 0.462 e. The van der Waals surface area contributed by atoms with Crippen LogP contribution in [-0.4, -0.2) is 46.9 Å². The molecule has 0 aromatic rings. The number of hydrogen-bond acceptors (Lipinski definition) is 5. The number of esters is 1. The van der Waals surface area contributed by atoms with Crippen molar-refractivity contribution in [1.29, 1.82) is 0 Å². The third-order valence-corrected chi connectivity index (χ3v) is 11.3. The Labute approximate surface area is 353 Å². The summed E-state index contributed by atoms with van der Waals surface area (Å²) >= 11 is 0. The molecule has 0 radical (unpaired) electrons. The van der Waals surface area contributed by atoms with Crippen LogP contribution in [0.5, 0.6) is 0 Å². The number of aliphatic hydroxyl groups excluding tert-OH is 2. The van der Waals surface area contributed by atoms with Crippen LogP contribution in [0, 0.1) is 0 Å². The molecule has 3 N–H and O–H groups in total. The molecule has 0 bridgehead atoms. The fraction of sp³-hybridized carbons (Fsp3) is 0.843. The molecule has 0 aliphatic rings. The summed E-state index contributed by atoms with van der Waals surface area (Å²) in [6.07, 6.45) is 52.0. The zero-order valence-electron chi connectivity index (χ0n) is 38.0. The van der Waals surface area contributed by atoms with Gasteiger partial charge in [-0.15, -0.1) is 0 Å². The minimum Gasteiger partial charge on any atom is -0.462 e. The fourth-order valence-electron chi connectivity index (χ4n) is 7.55. The second-order valence-electron chi connectivity index (χ2n) is 16.9. The standard InChI is InChI=1S/C51H95NO5/c1-4-7-10-13-16-19-22-24-26-29-31-34-37-40-43-49(54)48(46-53)52-50(55)45-47(42-39-36-33-30-28-25-23-20-17-14-11-8-5-2)57-51(56)44-41-38-35-32-27-21-18-15-12-9-6-3/h8,11,14,17,20,23,47-49,53-54H,4-7,9-10,12-13,15-16,18-19,21-22,24-46H2,1-3H3,(H,52,55)/b11-8+,17-14+,23-20+. The molecule has 3 atom stereocenters. The van der Waals surface area contributed by atoms with Crippen molar-refractivity contribution in [3.8, 4) is 0 Å². The summed E-state index contributed by atoms with van der Waals surface area (Å²) in [5.74, 6) is -0.487. The number of carbonyl (C=O) groups excluding carboxylic acids is 2. The molecule has 57 heavy (non-hydrogen) atoms. The van der Waals surface area contributed by atoms with Crippen LogP contribution in [0.4, 0.5) is 0 Å². The van der Waals surface area contributed by atoms with Gasteiger partial charge in [-0.25, -0.2) is 0 Å². The van der Waals surface area contributed by atoms with Crippen molar-refractivity contribution < 1.29 is 24.5 Å². The highest BCUT2D eigenvalue weighted by Gasteiger charge is 2.24. The molecule has 0 saturated heterocycles. The zero-order valence-corrected chi connectivity index (χ0v) is 38.0. The van der Waals surface area contributed by atoms with Gasteiger partial charge < -0.3 is 20.3 Å². The van der Waals surface area contributed by atoms with Crippen LogP contribution in [0.25, 0.3) is 0 Å². The maximum absolute atomic E-state index is 13.2. The van der Waals surface area contributed by atoms with E-state index >= 15 is 0 Å². The second-order valence-corrected chi connectivity index (χ2v) is 16.9. The Bertz CT molecular complexity index is 946. The molecule has 0 spiro atoms. The van der Waals surface area contributed by atoms with Gasteiger partial charge in [0.25, 0.3) is 0 Å². The van der Waals surface area contributed by atoms with Gasteiger partial charge in [0.2, 0.25) is 5.91 Å². The number of amides is 1. The molecular weight excluding hydrogens is 707 g/mol. The number of unbranched alkanes of at least 4 members (excludes halogenated alkanes) is 28. The molecule has 0 aromatic heterocycles. The average Bonchev–Trinajstić information content (AvgIpc) is 3.20. The number of nitrogens with one attached hydrogen (secondary N) is 1. The molecule has 0 saturated carbocycles. The molecule has 0 aromatic carbocycles. The Morgan fingerprint density at radius 2 is 0.947 bits per heavy atom. The van der Waals surface area contributed by atoms with Crippen LogP contribution in [-0.2, 0) is 14.3 Å². The van der Waals surface area contributed by atoms with Crippen molar-refractivity contribution >= 4 is 11.9 Å². The molecule has 1 amide bonds. The minimum atomic E-state index is -0.790. The summed E-state index contributed by atoms with van der Waals surface area (Å²) in [4.78, 5) is 26.0. The van der Waals surface area contributed by atoms with Crippen LogP contribution >= 0.6 is 0 Å². The molecule has 6 nitrogen and oxygen atoms in total. The van der Waals surface area contributed by atoms with Crippen molar-refractivity contribution in [2.45, 2.75) is 270 Å². The monoisotopic (exact) mass is 802 g/mol. The lowest BCUT2D eigenvalue weighted by Crippen LogP contribution is -2.46. The highest BCUT2D eigenvalue weighted by Crippen LogP contribution is 2.18. The van der Waals surface area contributed by atoms with Gasteiger partial charge in [0.15, 0.2) is 0 Å². The van der Waals surface area contributed by atoms with Crippen molar-refractivity contribution in [2.75, 3.05) is 6.61 Å². The molecule has 334 valence electrons. The minimum absolute atomic E-state index is 0.0673. The average molecular weight is 802 g/mol.